The molecule has 0 aliphatic heterocycles. The summed E-state index contributed by atoms with van der Waals surface area (Å²) in [5, 5.41) is 3.87. The van der Waals surface area contributed by atoms with Crippen LogP contribution in [0.5, 0.6) is 5.75 Å². The van der Waals surface area contributed by atoms with Crippen molar-refractivity contribution < 1.29 is 18.8 Å². The van der Waals surface area contributed by atoms with Gasteiger partial charge in [-0.25, -0.2) is 0 Å². The molecular weight excluding hydrogens is 270 g/mol. The molecule has 5 nitrogen and oxygen atoms in total. The van der Waals surface area contributed by atoms with E-state index in [1.54, 1.807) is 7.11 Å². The van der Waals surface area contributed by atoms with E-state index in [4.69, 9.17) is 14.0 Å². The van der Waals surface area contributed by atoms with Gasteiger partial charge in [-0.15, -0.1) is 0 Å². The van der Waals surface area contributed by atoms with E-state index in [0.717, 1.165) is 28.3 Å². The summed E-state index contributed by atoms with van der Waals surface area (Å²) >= 11 is 0. The molecule has 0 bridgehead atoms. The quantitative estimate of drug-likeness (QED) is 0.765. The molecule has 112 valence electrons. The first kappa shape index (κ1) is 15.1. The van der Waals surface area contributed by atoms with Crippen molar-refractivity contribution in [3.05, 3.63) is 46.8 Å². The average molecular weight is 289 g/mol. The topological polar surface area (TPSA) is 61.6 Å². The second-order valence-electron chi connectivity index (χ2n) is 4.81. The number of ether oxygens (including phenoxy) is 2. The van der Waals surface area contributed by atoms with Crippen LogP contribution < -0.4 is 4.74 Å². The third-order valence-electron chi connectivity index (χ3n) is 3.32. The van der Waals surface area contributed by atoms with E-state index >= 15 is 0 Å². The summed E-state index contributed by atoms with van der Waals surface area (Å²) in [5.41, 5.74) is 2.74. The number of aryl methyl sites for hydroxylation is 2. The number of carbonyl (C=O) groups is 1. The first-order chi connectivity index (χ1) is 10.1. The summed E-state index contributed by atoms with van der Waals surface area (Å²) in [6.07, 6.45) is 0.904. The highest BCUT2D eigenvalue weighted by molar-refractivity contribution is 5.69. The van der Waals surface area contributed by atoms with Crippen molar-refractivity contribution in [1.82, 2.24) is 5.16 Å². The molecule has 2 aromatic rings. The molecule has 0 unspecified atom stereocenters. The van der Waals surface area contributed by atoms with Crippen molar-refractivity contribution in [2.45, 2.75) is 33.3 Å². The lowest BCUT2D eigenvalue weighted by atomic mass is 10.1. The third-order valence-corrected chi connectivity index (χ3v) is 3.32. The molecule has 0 spiro atoms. The summed E-state index contributed by atoms with van der Waals surface area (Å²) in [6.45, 7) is 3.98. The SMILES string of the molecule is COc1ccc(COC(=O)CCc2c(C)noc2C)cc1. The molecule has 0 atom stereocenters. The van der Waals surface area contributed by atoms with Gasteiger partial charge in [0, 0.05) is 12.0 Å². The molecule has 0 N–H and O–H groups in total. The Hall–Kier alpha value is -2.30. The number of rotatable bonds is 6. The maximum atomic E-state index is 11.8. The number of nitrogens with zero attached hydrogens (tertiary/aromatic N) is 1. The van der Waals surface area contributed by atoms with Crippen molar-refractivity contribution >= 4 is 5.97 Å². The largest absolute Gasteiger partial charge is 0.497 e. The zero-order valence-electron chi connectivity index (χ0n) is 12.5. The van der Waals surface area contributed by atoms with E-state index in [-0.39, 0.29) is 12.6 Å². The Labute approximate surface area is 123 Å². The van der Waals surface area contributed by atoms with Crippen molar-refractivity contribution in [1.29, 1.82) is 0 Å². The zero-order chi connectivity index (χ0) is 15.2. The van der Waals surface area contributed by atoms with Gasteiger partial charge >= 0.3 is 5.97 Å². The third kappa shape index (κ3) is 4.08. The van der Waals surface area contributed by atoms with Gasteiger partial charge in [-0.2, -0.15) is 0 Å². The molecule has 1 heterocycles. The van der Waals surface area contributed by atoms with E-state index in [0.29, 0.717) is 12.8 Å². The van der Waals surface area contributed by atoms with E-state index in [1.165, 1.54) is 0 Å². The van der Waals surface area contributed by atoms with Crippen molar-refractivity contribution in [2.75, 3.05) is 7.11 Å². The Morgan fingerprint density at radius 3 is 2.52 bits per heavy atom. The Kier molecular flexibility index (Phi) is 4.98. The maximum Gasteiger partial charge on any atom is 0.306 e. The molecule has 21 heavy (non-hydrogen) atoms. The average Bonchev–Trinajstić information content (AvgIpc) is 2.82. The molecule has 0 amide bonds. The van der Waals surface area contributed by atoms with Crippen LogP contribution in [-0.4, -0.2) is 18.2 Å². The van der Waals surface area contributed by atoms with Gasteiger partial charge in [-0.3, -0.25) is 4.79 Å². The van der Waals surface area contributed by atoms with Crippen LogP contribution in [0.4, 0.5) is 0 Å². The number of hydrogen-bond donors (Lipinski definition) is 0. The van der Waals surface area contributed by atoms with Gasteiger partial charge in [-0.05, 0) is 38.0 Å². The van der Waals surface area contributed by atoms with Gasteiger partial charge in [0.25, 0.3) is 0 Å². The molecule has 0 saturated carbocycles. The number of carbonyl (C=O) groups excluding carboxylic acids is 1. The van der Waals surface area contributed by atoms with Gasteiger partial charge in [-0.1, -0.05) is 17.3 Å². The highest BCUT2D eigenvalue weighted by atomic mass is 16.5. The van der Waals surface area contributed by atoms with Crippen LogP contribution in [-0.2, 0) is 22.6 Å². The Balaban J connectivity index is 1.79. The van der Waals surface area contributed by atoms with Crippen LogP contribution in [0.3, 0.4) is 0 Å². The number of aromatic nitrogens is 1. The van der Waals surface area contributed by atoms with Crippen molar-refractivity contribution in [2.24, 2.45) is 0 Å². The molecule has 0 aliphatic carbocycles. The van der Waals surface area contributed by atoms with Gasteiger partial charge in [0.05, 0.1) is 12.8 Å². The van der Waals surface area contributed by atoms with E-state index in [2.05, 4.69) is 5.16 Å². The second kappa shape index (κ2) is 6.92. The van der Waals surface area contributed by atoms with E-state index in [1.807, 2.05) is 38.1 Å². The summed E-state index contributed by atoms with van der Waals surface area (Å²) < 4.78 is 15.4. The number of methoxy groups -OCH3 is 1. The smallest absolute Gasteiger partial charge is 0.306 e. The van der Waals surface area contributed by atoms with E-state index in [9.17, 15) is 4.79 Å². The molecule has 5 heteroatoms. The summed E-state index contributed by atoms with van der Waals surface area (Å²) in [4.78, 5) is 11.8. The zero-order valence-corrected chi connectivity index (χ0v) is 12.5. The Morgan fingerprint density at radius 2 is 1.95 bits per heavy atom. The lowest BCUT2D eigenvalue weighted by Crippen LogP contribution is -2.06. The first-order valence-corrected chi connectivity index (χ1v) is 6.80. The monoisotopic (exact) mass is 289 g/mol. The predicted octanol–water partition coefficient (Wildman–Crippen LogP) is 2.98. The molecule has 0 saturated heterocycles. The first-order valence-electron chi connectivity index (χ1n) is 6.80. The summed E-state index contributed by atoms with van der Waals surface area (Å²) in [7, 11) is 1.61. The van der Waals surface area contributed by atoms with Crippen LogP contribution in [0.25, 0.3) is 0 Å². The summed E-state index contributed by atoms with van der Waals surface area (Å²) in [6, 6.07) is 7.43. The molecule has 2 rings (SSSR count). The number of esters is 1. The van der Waals surface area contributed by atoms with Gasteiger partial charge in [0.15, 0.2) is 0 Å². The van der Waals surface area contributed by atoms with Crippen LogP contribution in [0.1, 0.15) is 29.0 Å². The van der Waals surface area contributed by atoms with Gasteiger partial charge < -0.3 is 14.0 Å². The molecular formula is C16H19NO4. The Bertz CT molecular complexity index is 582. The van der Waals surface area contributed by atoms with Crippen molar-refractivity contribution in [3.63, 3.8) is 0 Å². The minimum Gasteiger partial charge on any atom is -0.497 e. The predicted molar refractivity (Wildman–Crippen MR) is 77.1 cm³/mol. The highest BCUT2D eigenvalue weighted by Gasteiger charge is 2.11. The normalized spacial score (nSPS) is 10.4. The summed E-state index contributed by atoms with van der Waals surface area (Å²) in [5.74, 6) is 1.31. The molecule has 0 aliphatic rings. The van der Waals surface area contributed by atoms with Crippen LogP contribution in [0.2, 0.25) is 0 Å². The minimum absolute atomic E-state index is 0.231. The standard InChI is InChI=1S/C16H19NO4/c1-11-15(12(2)21-17-11)8-9-16(18)20-10-13-4-6-14(19-3)7-5-13/h4-7H,8-10H2,1-3H3. The Morgan fingerprint density at radius 1 is 1.24 bits per heavy atom. The molecule has 0 fully saturated rings. The fourth-order valence-electron chi connectivity index (χ4n) is 2.04. The van der Waals surface area contributed by atoms with Crippen molar-refractivity contribution in [3.8, 4) is 5.75 Å². The lowest BCUT2D eigenvalue weighted by molar-refractivity contribution is -0.144. The fraction of sp³-hybridized carbons (Fsp3) is 0.375. The van der Waals surface area contributed by atoms with Crippen LogP contribution in [0.15, 0.2) is 28.8 Å². The highest BCUT2D eigenvalue weighted by Crippen LogP contribution is 2.15. The molecule has 0 radical (unpaired) electrons. The number of benzene rings is 1. The van der Waals surface area contributed by atoms with E-state index < -0.39 is 0 Å². The molecule has 1 aromatic heterocycles. The lowest BCUT2D eigenvalue weighted by Gasteiger charge is -2.06. The fourth-order valence-corrected chi connectivity index (χ4v) is 2.04. The number of hydrogen-bond acceptors (Lipinski definition) is 5. The minimum atomic E-state index is -0.231. The van der Waals surface area contributed by atoms with Crippen LogP contribution >= 0.6 is 0 Å². The second-order valence-corrected chi connectivity index (χ2v) is 4.81. The molecule has 1 aromatic carbocycles. The van der Waals surface area contributed by atoms with Gasteiger partial charge in [0.2, 0.25) is 0 Å². The maximum absolute atomic E-state index is 11.8. The van der Waals surface area contributed by atoms with Crippen LogP contribution in [0, 0.1) is 13.8 Å². The van der Waals surface area contributed by atoms with Gasteiger partial charge in [0.1, 0.15) is 18.1 Å².